The minimum Gasteiger partial charge on any atom is -0.394 e. The number of ether oxygens (including phenoxy) is 1. The van der Waals surface area contributed by atoms with Crippen LogP contribution in [-0.4, -0.2) is 37.0 Å². The summed E-state index contributed by atoms with van der Waals surface area (Å²) < 4.78 is 18.7. The molecular weight excluding hydrogens is 235 g/mol. The molecule has 1 heterocycles. The van der Waals surface area contributed by atoms with Crippen LogP contribution in [0.25, 0.3) is 0 Å². The Kier molecular flexibility index (Phi) is 4.16. The van der Waals surface area contributed by atoms with Crippen LogP contribution in [-0.2, 0) is 11.3 Å². The molecule has 2 unspecified atom stereocenters. The third-order valence-electron chi connectivity index (χ3n) is 3.28. The molecule has 0 radical (unpaired) electrons. The molecule has 1 aliphatic heterocycles. The van der Waals surface area contributed by atoms with Crippen LogP contribution in [0.2, 0.25) is 0 Å². The molecule has 1 aromatic carbocycles. The van der Waals surface area contributed by atoms with Crippen LogP contribution in [0.3, 0.4) is 0 Å². The van der Waals surface area contributed by atoms with Crippen LogP contribution in [0.4, 0.5) is 10.1 Å². The summed E-state index contributed by atoms with van der Waals surface area (Å²) in [6, 6.07) is 4.83. The zero-order valence-electron chi connectivity index (χ0n) is 10.5. The Balaban J connectivity index is 2.28. The fourth-order valence-electron chi connectivity index (χ4n) is 2.26. The van der Waals surface area contributed by atoms with Crippen molar-refractivity contribution in [2.45, 2.75) is 25.6 Å². The average Bonchev–Trinajstić information content (AvgIpc) is 2.39. The van der Waals surface area contributed by atoms with E-state index in [1.807, 2.05) is 6.92 Å². The predicted molar refractivity (Wildman–Crippen MR) is 67.9 cm³/mol. The molecular formula is C13H19FN2O2. The third kappa shape index (κ3) is 2.63. The van der Waals surface area contributed by atoms with E-state index in [0.717, 1.165) is 11.3 Å². The lowest BCUT2D eigenvalue weighted by atomic mass is 10.1. The number of aliphatic hydroxyl groups excluding tert-OH is 1. The SMILES string of the molecule is CC1COC(CO)CN1c1ccc(F)cc1CN. The summed E-state index contributed by atoms with van der Waals surface area (Å²) in [5, 5.41) is 9.18. The van der Waals surface area contributed by atoms with E-state index in [4.69, 9.17) is 10.5 Å². The van der Waals surface area contributed by atoms with Crippen LogP contribution in [0.15, 0.2) is 18.2 Å². The molecule has 0 saturated carbocycles. The van der Waals surface area contributed by atoms with Gasteiger partial charge in [0, 0.05) is 24.8 Å². The van der Waals surface area contributed by atoms with Gasteiger partial charge in [0.25, 0.3) is 0 Å². The van der Waals surface area contributed by atoms with Crippen molar-refractivity contribution in [2.24, 2.45) is 5.73 Å². The van der Waals surface area contributed by atoms with Gasteiger partial charge in [0.05, 0.1) is 19.3 Å². The van der Waals surface area contributed by atoms with Gasteiger partial charge in [0.15, 0.2) is 0 Å². The van der Waals surface area contributed by atoms with Crippen molar-refractivity contribution in [1.29, 1.82) is 0 Å². The molecule has 1 aromatic rings. The summed E-state index contributed by atoms with van der Waals surface area (Å²) in [4.78, 5) is 2.12. The van der Waals surface area contributed by atoms with Gasteiger partial charge in [-0.3, -0.25) is 0 Å². The monoisotopic (exact) mass is 254 g/mol. The van der Waals surface area contributed by atoms with E-state index in [-0.39, 0.29) is 24.6 Å². The lowest BCUT2D eigenvalue weighted by molar-refractivity contribution is -0.0103. The molecule has 0 bridgehead atoms. The van der Waals surface area contributed by atoms with Gasteiger partial charge in [-0.2, -0.15) is 0 Å². The van der Waals surface area contributed by atoms with Gasteiger partial charge in [-0.1, -0.05) is 0 Å². The standard InChI is InChI=1S/C13H19FN2O2/c1-9-8-18-12(7-17)6-16(9)13-3-2-11(14)4-10(13)5-15/h2-4,9,12,17H,5-8,15H2,1H3. The summed E-state index contributed by atoms with van der Waals surface area (Å²) in [5.41, 5.74) is 7.37. The molecule has 18 heavy (non-hydrogen) atoms. The van der Waals surface area contributed by atoms with Crippen molar-refractivity contribution < 1.29 is 14.2 Å². The van der Waals surface area contributed by atoms with Crippen LogP contribution in [0, 0.1) is 5.82 Å². The highest BCUT2D eigenvalue weighted by atomic mass is 19.1. The molecule has 2 rings (SSSR count). The number of benzene rings is 1. The molecule has 100 valence electrons. The molecule has 5 heteroatoms. The summed E-state index contributed by atoms with van der Waals surface area (Å²) in [5.74, 6) is -0.279. The fraction of sp³-hybridized carbons (Fsp3) is 0.538. The van der Waals surface area contributed by atoms with Crippen LogP contribution >= 0.6 is 0 Å². The number of anilines is 1. The Morgan fingerprint density at radius 1 is 1.56 bits per heavy atom. The van der Waals surface area contributed by atoms with Crippen molar-refractivity contribution >= 4 is 5.69 Å². The Labute approximate surface area is 106 Å². The quantitative estimate of drug-likeness (QED) is 0.840. The van der Waals surface area contributed by atoms with E-state index >= 15 is 0 Å². The van der Waals surface area contributed by atoms with Gasteiger partial charge in [-0.15, -0.1) is 0 Å². The second-order valence-electron chi connectivity index (χ2n) is 4.62. The number of morpholine rings is 1. The first-order chi connectivity index (χ1) is 8.65. The van der Waals surface area contributed by atoms with Gasteiger partial charge in [-0.25, -0.2) is 4.39 Å². The number of hydrogen-bond donors (Lipinski definition) is 2. The Morgan fingerprint density at radius 2 is 2.33 bits per heavy atom. The van der Waals surface area contributed by atoms with Crippen LogP contribution < -0.4 is 10.6 Å². The largest absolute Gasteiger partial charge is 0.394 e. The van der Waals surface area contributed by atoms with Crippen molar-refractivity contribution in [3.63, 3.8) is 0 Å². The van der Waals surface area contributed by atoms with E-state index in [1.54, 1.807) is 6.07 Å². The Morgan fingerprint density at radius 3 is 3.00 bits per heavy atom. The molecule has 4 nitrogen and oxygen atoms in total. The van der Waals surface area contributed by atoms with Crippen molar-refractivity contribution in [2.75, 3.05) is 24.7 Å². The Bertz CT molecular complexity index is 414. The van der Waals surface area contributed by atoms with E-state index in [2.05, 4.69) is 4.90 Å². The van der Waals surface area contributed by atoms with E-state index in [9.17, 15) is 9.50 Å². The fourth-order valence-corrected chi connectivity index (χ4v) is 2.26. The first kappa shape index (κ1) is 13.3. The zero-order valence-corrected chi connectivity index (χ0v) is 10.5. The number of hydrogen-bond acceptors (Lipinski definition) is 4. The van der Waals surface area contributed by atoms with Crippen LogP contribution in [0.1, 0.15) is 12.5 Å². The molecule has 0 amide bonds. The average molecular weight is 254 g/mol. The maximum atomic E-state index is 13.2. The molecule has 0 spiro atoms. The van der Waals surface area contributed by atoms with Crippen molar-refractivity contribution in [3.05, 3.63) is 29.6 Å². The van der Waals surface area contributed by atoms with E-state index in [0.29, 0.717) is 19.7 Å². The first-order valence-corrected chi connectivity index (χ1v) is 6.13. The van der Waals surface area contributed by atoms with E-state index in [1.165, 1.54) is 12.1 Å². The van der Waals surface area contributed by atoms with Gasteiger partial charge in [0.1, 0.15) is 5.82 Å². The maximum absolute atomic E-state index is 13.2. The van der Waals surface area contributed by atoms with Gasteiger partial charge in [0.2, 0.25) is 0 Å². The lowest BCUT2D eigenvalue weighted by Gasteiger charge is -2.40. The second kappa shape index (κ2) is 5.65. The predicted octanol–water partition coefficient (Wildman–Crippen LogP) is 0.870. The summed E-state index contributed by atoms with van der Waals surface area (Å²) >= 11 is 0. The smallest absolute Gasteiger partial charge is 0.123 e. The van der Waals surface area contributed by atoms with E-state index < -0.39 is 0 Å². The minimum absolute atomic E-state index is 0.0115. The van der Waals surface area contributed by atoms with Gasteiger partial charge >= 0.3 is 0 Å². The molecule has 3 N–H and O–H groups in total. The summed E-state index contributed by atoms with van der Waals surface area (Å²) in [6.07, 6.45) is -0.197. The lowest BCUT2D eigenvalue weighted by Crippen LogP contribution is -2.50. The van der Waals surface area contributed by atoms with Crippen molar-refractivity contribution in [1.82, 2.24) is 0 Å². The van der Waals surface area contributed by atoms with Crippen LogP contribution in [0.5, 0.6) is 0 Å². The highest BCUT2D eigenvalue weighted by molar-refractivity contribution is 5.55. The van der Waals surface area contributed by atoms with Gasteiger partial charge < -0.3 is 20.5 Å². The number of nitrogens with zero attached hydrogens (tertiary/aromatic N) is 1. The number of nitrogens with two attached hydrogens (primary N) is 1. The molecule has 1 saturated heterocycles. The Hall–Kier alpha value is -1.17. The zero-order chi connectivity index (χ0) is 13.1. The summed E-state index contributed by atoms with van der Waals surface area (Å²) in [6.45, 7) is 3.46. The normalized spacial score (nSPS) is 24.3. The molecule has 0 aliphatic carbocycles. The van der Waals surface area contributed by atoms with Gasteiger partial charge in [-0.05, 0) is 30.7 Å². The molecule has 1 fully saturated rings. The first-order valence-electron chi connectivity index (χ1n) is 6.13. The summed E-state index contributed by atoms with van der Waals surface area (Å²) in [7, 11) is 0. The molecule has 0 aromatic heterocycles. The number of rotatable bonds is 3. The van der Waals surface area contributed by atoms with Crippen molar-refractivity contribution in [3.8, 4) is 0 Å². The highest BCUT2D eigenvalue weighted by Gasteiger charge is 2.27. The number of aliphatic hydroxyl groups is 1. The number of halogens is 1. The maximum Gasteiger partial charge on any atom is 0.123 e. The second-order valence-corrected chi connectivity index (χ2v) is 4.62. The molecule has 2 atom stereocenters. The third-order valence-corrected chi connectivity index (χ3v) is 3.28. The minimum atomic E-state index is -0.279. The highest BCUT2D eigenvalue weighted by Crippen LogP contribution is 2.26. The molecule has 1 aliphatic rings. The topological polar surface area (TPSA) is 58.7 Å².